The first-order valence-electron chi connectivity index (χ1n) is 5.05. The van der Waals surface area contributed by atoms with Gasteiger partial charge in [-0.1, -0.05) is 0 Å². The zero-order chi connectivity index (χ0) is 10.8. The number of nitrogens with one attached hydrogen (secondary N) is 1. The van der Waals surface area contributed by atoms with E-state index in [2.05, 4.69) is 5.32 Å². The summed E-state index contributed by atoms with van der Waals surface area (Å²) in [7, 11) is 1.83. The van der Waals surface area contributed by atoms with E-state index in [1.807, 2.05) is 25.2 Å². The van der Waals surface area contributed by atoms with Crippen molar-refractivity contribution >= 4 is 17.3 Å². The number of nitrogens with zero attached hydrogens (tertiary/aromatic N) is 1. The minimum atomic E-state index is 0.168. The third-order valence-electron chi connectivity index (χ3n) is 2.62. The van der Waals surface area contributed by atoms with Crippen LogP contribution < -0.4 is 16.0 Å². The molecule has 0 saturated heterocycles. The van der Waals surface area contributed by atoms with Crippen molar-refractivity contribution in [3.63, 3.8) is 0 Å². The lowest BCUT2D eigenvalue weighted by Crippen LogP contribution is -2.40. The molecule has 0 atom stereocenters. The van der Waals surface area contributed by atoms with Crippen molar-refractivity contribution in [1.29, 1.82) is 0 Å². The highest BCUT2D eigenvalue weighted by Crippen LogP contribution is 2.28. The Morgan fingerprint density at radius 2 is 2.27 bits per heavy atom. The topological polar surface area (TPSA) is 58.4 Å². The Bertz CT molecular complexity index is 389. The van der Waals surface area contributed by atoms with Gasteiger partial charge in [0.25, 0.3) is 0 Å². The first kappa shape index (κ1) is 9.98. The summed E-state index contributed by atoms with van der Waals surface area (Å²) in [4.78, 5) is 13.4. The van der Waals surface area contributed by atoms with Crippen molar-refractivity contribution in [2.24, 2.45) is 0 Å². The second-order valence-corrected chi connectivity index (χ2v) is 3.72. The third kappa shape index (κ3) is 1.80. The van der Waals surface area contributed by atoms with Gasteiger partial charge in [0.05, 0.1) is 6.67 Å². The lowest BCUT2D eigenvalue weighted by atomic mass is 10.0. The van der Waals surface area contributed by atoms with Crippen LogP contribution in [0.3, 0.4) is 0 Å². The summed E-state index contributed by atoms with van der Waals surface area (Å²) in [6.07, 6.45) is 1.36. The van der Waals surface area contributed by atoms with Gasteiger partial charge in [-0.05, 0) is 37.2 Å². The van der Waals surface area contributed by atoms with Crippen LogP contribution in [0.15, 0.2) is 18.2 Å². The van der Waals surface area contributed by atoms with E-state index in [1.165, 1.54) is 0 Å². The van der Waals surface area contributed by atoms with Gasteiger partial charge in [-0.15, -0.1) is 0 Å². The normalized spacial score (nSPS) is 15.3. The van der Waals surface area contributed by atoms with Gasteiger partial charge in [-0.3, -0.25) is 9.69 Å². The summed E-state index contributed by atoms with van der Waals surface area (Å²) in [5, 5.41) is 3.00. The first-order chi connectivity index (χ1) is 7.22. The molecule has 4 nitrogen and oxygen atoms in total. The Balaban J connectivity index is 2.39. The lowest BCUT2D eigenvalue weighted by Gasteiger charge is -2.29. The Morgan fingerprint density at radius 3 is 3.00 bits per heavy atom. The zero-order valence-corrected chi connectivity index (χ0v) is 8.79. The highest BCUT2D eigenvalue weighted by molar-refractivity contribution is 5.96. The Labute approximate surface area is 89.1 Å². The first-order valence-corrected chi connectivity index (χ1v) is 5.05. The molecule has 1 aliphatic rings. The number of nitrogen functional groups attached to an aromatic ring is 1. The maximum absolute atomic E-state index is 11.7. The molecule has 0 saturated carbocycles. The second-order valence-electron chi connectivity index (χ2n) is 3.72. The van der Waals surface area contributed by atoms with Gasteiger partial charge in [-0.2, -0.15) is 0 Å². The summed E-state index contributed by atoms with van der Waals surface area (Å²) in [6.45, 7) is 0.551. The van der Waals surface area contributed by atoms with Gasteiger partial charge < -0.3 is 11.1 Å². The molecule has 1 aromatic rings. The molecule has 2 rings (SSSR count). The molecule has 1 aromatic carbocycles. The number of hydrogen-bond donors (Lipinski definition) is 2. The quantitative estimate of drug-likeness (QED) is 0.700. The van der Waals surface area contributed by atoms with E-state index in [-0.39, 0.29) is 5.91 Å². The second kappa shape index (κ2) is 3.90. The summed E-state index contributed by atoms with van der Waals surface area (Å²) < 4.78 is 0. The van der Waals surface area contributed by atoms with Crippen LogP contribution in [0.4, 0.5) is 11.4 Å². The average Bonchev–Trinajstić information content (AvgIpc) is 2.22. The molecule has 80 valence electrons. The Hall–Kier alpha value is -1.55. The predicted molar refractivity (Wildman–Crippen MR) is 60.6 cm³/mol. The standard InChI is InChI=1S/C11H15N3O/c1-13-7-14-10-4-3-9(12)6-8(10)2-5-11(14)15/h3-4,6,13H,2,5,7,12H2,1H3. The number of benzene rings is 1. The number of amides is 1. The molecular formula is C11H15N3O. The van der Waals surface area contributed by atoms with Gasteiger partial charge >= 0.3 is 0 Å². The van der Waals surface area contributed by atoms with Crippen molar-refractivity contribution in [1.82, 2.24) is 5.32 Å². The van der Waals surface area contributed by atoms with Gasteiger partial charge in [0.1, 0.15) is 0 Å². The van der Waals surface area contributed by atoms with Gasteiger partial charge in [0.15, 0.2) is 0 Å². The van der Waals surface area contributed by atoms with Crippen LogP contribution in [0.1, 0.15) is 12.0 Å². The van der Waals surface area contributed by atoms with Crippen molar-refractivity contribution < 1.29 is 4.79 Å². The highest BCUT2D eigenvalue weighted by Gasteiger charge is 2.23. The highest BCUT2D eigenvalue weighted by atomic mass is 16.2. The fourth-order valence-electron chi connectivity index (χ4n) is 1.91. The zero-order valence-electron chi connectivity index (χ0n) is 8.79. The summed E-state index contributed by atoms with van der Waals surface area (Å²) in [6, 6.07) is 5.70. The molecule has 0 bridgehead atoms. The molecule has 0 unspecified atom stereocenters. The molecule has 1 amide bonds. The van der Waals surface area contributed by atoms with Crippen molar-refractivity contribution in [3.05, 3.63) is 23.8 Å². The number of fused-ring (bicyclic) bond motifs is 1. The van der Waals surface area contributed by atoms with E-state index in [4.69, 9.17) is 5.73 Å². The maximum Gasteiger partial charge on any atom is 0.228 e. The fourth-order valence-corrected chi connectivity index (χ4v) is 1.91. The fraction of sp³-hybridized carbons (Fsp3) is 0.364. The molecule has 0 aliphatic carbocycles. The van der Waals surface area contributed by atoms with Crippen molar-refractivity contribution in [3.8, 4) is 0 Å². The number of nitrogens with two attached hydrogens (primary N) is 1. The molecule has 1 aliphatic heterocycles. The molecule has 0 aromatic heterocycles. The smallest absolute Gasteiger partial charge is 0.228 e. The van der Waals surface area contributed by atoms with Crippen LogP contribution >= 0.6 is 0 Å². The van der Waals surface area contributed by atoms with Crippen LogP contribution in [0, 0.1) is 0 Å². The molecule has 3 N–H and O–H groups in total. The maximum atomic E-state index is 11.7. The monoisotopic (exact) mass is 205 g/mol. The van der Waals surface area contributed by atoms with E-state index >= 15 is 0 Å². The van der Waals surface area contributed by atoms with Crippen molar-refractivity contribution in [2.75, 3.05) is 24.3 Å². The van der Waals surface area contributed by atoms with E-state index in [0.717, 1.165) is 23.4 Å². The summed E-state index contributed by atoms with van der Waals surface area (Å²) >= 11 is 0. The Kier molecular flexibility index (Phi) is 2.60. The minimum Gasteiger partial charge on any atom is -0.399 e. The SMILES string of the molecule is CNCN1C(=O)CCc2cc(N)ccc21. The van der Waals surface area contributed by atoms with Crippen LogP contribution in [-0.4, -0.2) is 19.6 Å². The molecule has 4 heteroatoms. The minimum absolute atomic E-state index is 0.168. The molecule has 0 spiro atoms. The molecular weight excluding hydrogens is 190 g/mol. The molecule has 15 heavy (non-hydrogen) atoms. The number of hydrogen-bond acceptors (Lipinski definition) is 3. The van der Waals surface area contributed by atoms with Crippen LogP contribution in [0.2, 0.25) is 0 Å². The van der Waals surface area contributed by atoms with Crippen LogP contribution in [-0.2, 0) is 11.2 Å². The van der Waals surface area contributed by atoms with E-state index in [0.29, 0.717) is 13.1 Å². The van der Waals surface area contributed by atoms with E-state index < -0.39 is 0 Å². The number of carbonyl (C=O) groups is 1. The summed E-state index contributed by atoms with van der Waals surface area (Å²) in [5.41, 5.74) is 8.61. The molecule has 1 heterocycles. The van der Waals surface area contributed by atoms with E-state index in [1.54, 1.807) is 4.90 Å². The lowest BCUT2D eigenvalue weighted by molar-refractivity contribution is -0.119. The van der Waals surface area contributed by atoms with E-state index in [9.17, 15) is 4.79 Å². The van der Waals surface area contributed by atoms with Gasteiger partial charge in [0.2, 0.25) is 5.91 Å². The number of rotatable bonds is 2. The van der Waals surface area contributed by atoms with Crippen molar-refractivity contribution in [2.45, 2.75) is 12.8 Å². The molecule has 0 fully saturated rings. The number of carbonyl (C=O) groups excluding carboxylic acids is 1. The van der Waals surface area contributed by atoms with Gasteiger partial charge in [-0.25, -0.2) is 0 Å². The van der Waals surface area contributed by atoms with Crippen LogP contribution in [0.5, 0.6) is 0 Å². The number of anilines is 2. The molecule has 0 radical (unpaired) electrons. The third-order valence-corrected chi connectivity index (χ3v) is 2.62. The average molecular weight is 205 g/mol. The Morgan fingerprint density at radius 1 is 1.47 bits per heavy atom. The predicted octanol–water partition coefficient (Wildman–Crippen LogP) is 0.725. The van der Waals surface area contributed by atoms with Crippen LogP contribution in [0.25, 0.3) is 0 Å². The van der Waals surface area contributed by atoms with Gasteiger partial charge in [0, 0.05) is 17.8 Å². The number of aryl methyl sites for hydroxylation is 1. The summed E-state index contributed by atoms with van der Waals surface area (Å²) in [5.74, 6) is 0.168. The largest absolute Gasteiger partial charge is 0.399 e.